The number of aromatic nitrogens is 1. The number of hydrogen-bond acceptors (Lipinski definition) is 4. The third kappa shape index (κ3) is 2.49. The van der Waals surface area contributed by atoms with Crippen LogP contribution >= 0.6 is 0 Å². The summed E-state index contributed by atoms with van der Waals surface area (Å²) in [7, 11) is 0. The molecule has 1 amide bonds. The number of phenolic OH excluding ortho intramolecular Hbond substituents is 1. The van der Waals surface area contributed by atoms with Gasteiger partial charge in [-0.15, -0.1) is 0 Å². The Kier molecular flexibility index (Phi) is 3.16. The maximum atomic E-state index is 12.2. The van der Waals surface area contributed by atoms with Crippen LogP contribution in [0.2, 0.25) is 0 Å². The van der Waals surface area contributed by atoms with E-state index in [1.54, 1.807) is 18.5 Å². The fourth-order valence-corrected chi connectivity index (χ4v) is 2.11. The fourth-order valence-electron chi connectivity index (χ4n) is 2.11. The second-order valence-electron chi connectivity index (χ2n) is 4.63. The molecule has 2 aromatic carbocycles. The number of amides is 1. The van der Waals surface area contributed by atoms with Crippen molar-refractivity contribution in [2.45, 2.75) is 0 Å². The number of nitrogens with two attached hydrogens (primary N) is 1. The van der Waals surface area contributed by atoms with Crippen LogP contribution in [0.15, 0.2) is 54.9 Å². The van der Waals surface area contributed by atoms with E-state index in [0.29, 0.717) is 11.3 Å². The number of carbonyl (C=O) groups is 1. The molecular formula is C16H13N3O2. The van der Waals surface area contributed by atoms with Crippen LogP contribution in [-0.4, -0.2) is 16.0 Å². The summed E-state index contributed by atoms with van der Waals surface area (Å²) >= 11 is 0. The van der Waals surface area contributed by atoms with Crippen molar-refractivity contribution in [2.24, 2.45) is 0 Å². The predicted molar refractivity (Wildman–Crippen MR) is 82.2 cm³/mol. The van der Waals surface area contributed by atoms with E-state index < -0.39 is 0 Å². The summed E-state index contributed by atoms with van der Waals surface area (Å²) in [5, 5.41) is 14.2. The lowest BCUT2D eigenvalue weighted by Gasteiger charge is -2.09. The Bertz CT molecular complexity index is 825. The molecule has 5 heteroatoms. The molecule has 0 saturated carbocycles. The summed E-state index contributed by atoms with van der Waals surface area (Å²) in [6.45, 7) is 0. The Morgan fingerprint density at radius 2 is 2.05 bits per heavy atom. The van der Waals surface area contributed by atoms with Gasteiger partial charge in [-0.2, -0.15) is 0 Å². The highest BCUT2D eigenvalue weighted by atomic mass is 16.3. The highest BCUT2D eigenvalue weighted by molar-refractivity contribution is 6.09. The molecule has 0 spiro atoms. The van der Waals surface area contributed by atoms with Gasteiger partial charge in [0.1, 0.15) is 5.75 Å². The lowest BCUT2D eigenvalue weighted by atomic mass is 10.1. The molecule has 3 aromatic rings. The zero-order chi connectivity index (χ0) is 14.8. The normalized spacial score (nSPS) is 10.5. The molecule has 0 aliphatic heterocycles. The smallest absolute Gasteiger partial charge is 0.255 e. The molecule has 0 radical (unpaired) electrons. The molecule has 0 atom stereocenters. The standard InChI is InChI=1S/C16H13N3O2/c17-13-5-4-10(8-15(13)20)16(21)19-14-3-1-2-11-9-18-7-6-12(11)14/h1-9,20H,17H2,(H,19,21). The molecule has 0 bridgehead atoms. The first kappa shape index (κ1) is 12.9. The van der Waals surface area contributed by atoms with Gasteiger partial charge in [-0.3, -0.25) is 9.78 Å². The van der Waals surface area contributed by atoms with E-state index in [4.69, 9.17) is 5.73 Å². The second-order valence-corrected chi connectivity index (χ2v) is 4.63. The molecule has 1 aromatic heterocycles. The van der Waals surface area contributed by atoms with Gasteiger partial charge < -0.3 is 16.2 Å². The molecular weight excluding hydrogens is 266 g/mol. The van der Waals surface area contributed by atoms with Gasteiger partial charge >= 0.3 is 0 Å². The summed E-state index contributed by atoms with van der Waals surface area (Å²) in [5.41, 5.74) is 6.80. The van der Waals surface area contributed by atoms with Gasteiger partial charge in [-0.1, -0.05) is 12.1 Å². The van der Waals surface area contributed by atoms with Crippen LogP contribution in [0, 0.1) is 0 Å². The highest BCUT2D eigenvalue weighted by Crippen LogP contribution is 2.24. The number of rotatable bonds is 2. The minimum Gasteiger partial charge on any atom is -0.506 e. The summed E-state index contributed by atoms with van der Waals surface area (Å²) in [6, 6.07) is 11.8. The predicted octanol–water partition coefficient (Wildman–Crippen LogP) is 2.77. The number of phenols is 1. The molecule has 21 heavy (non-hydrogen) atoms. The van der Waals surface area contributed by atoms with Crippen LogP contribution in [0.4, 0.5) is 11.4 Å². The number of benzene rings is 2. The molecule has 4 N–H and O–H groups in total. The highest BCUT2D eigenvalue weighted by Gasteiger charge is 2.10. The molecule has 0 fully saturated rings. The first-order valence-corrected chi connectivity index (χ1v) is 6.38. The van der Waals surface area contributed by atoms with Gasteiger partial charge in [0.15, 0.2) is 0 Å². The number of nitrogens with zero attached hydrogens (tertiary/aromatic N) is 1. The number of hydrogen-bond donors (Lipinski definition) is 3. The Morgan fingerprint density at radius 3 is 2.86 bits per heavy atom. The van der Waals surface area contributed by atoms with Gasteiger partial charge in [0.05, 0.1) is 5.69 Å². The number of nitrogens with one attached hydrogen (secondary N) is 1. The van der Waals surface area contributed by atoms with Crippen molar-refractivity contribution >= 4 is 28.1 Å². The van der Waals surface area contributed by atoms with Crippen LogP contribution < -0.4 is 11.1 Å². The summed E-state index contributed by atoms with van der Waals surface area (Å²) in [5.74, 6) is -0.417. The summed E-state index contributed by atoms with van der Waals surface area (Å²) in [6.07, 6.45) is 3.41. The molecule has 5 nitrogen and oxygen atoms in total. The van der Waals surface area contributed by atoms with Crippen molar-refractivity contribution in [3.8, 4) is 5.75 Å². The Balaban J connectivity index is 1.94. The van der Waals surface area contributed by atoms with Gasteiger partial charge in [0, 0.05) is 34.4 Å². The van der Waals surface area contributed by atoms with Crippen LogP contribution in [0.3, 0.4) is 0 Å². The lowest BCUT2D eigenvalue weighted by Crippen LogP contribution is -2.12. The number of nitrogen functional groups attached to an aromatic ring is 1. The molecule has 0 aliphatic carbocycles. The first-order chi connectivity index (χ1) is 10.1. The van der Waals surface area contributed by atoms with Crippen molar-refractivity contribution in [3.05, 3.63) is 60.4 Å². The van der Waals surface area contributed by atoms with Crippen LogP contribution in [0.1, 0.15) is 10.4 Å². The zero-order valence-corrected chi connectivity index (χ0v) is 11.1. The molecule has 0 aliphatic rings. The van der Waals surface area contributed by atoms with Crippen molar-refractivity contribution in [1.82, 2.24) is 4.98 Å². The topological polar surface area (TPSA) is 88.2 Å². The van der Waals surface area contributed by atoms with Crippen LogP contribution in [-0.2, 0) is 0 Å². The van der Waals surface area contributed by atoms with E-state index in [1.165, 1.54) is 12.1 Å². The first-order valence-electron chi connectivity index (χ1n) is 6.38. The molecule has 3 rings (SSSR count). The van der Waals surface area contributed by atoms with E-state index in [2.05, 4.69) is 10.3 Å². The van der Waals surface area contributed by atoms with Crippen molar-refractivity contribution in [1.29, 1.82) is 0 Å². The SMILES string of the molecule is Nc1ccc(C(=O)Nc2cccc3cnccc23)cc1O. The molecule has 0 saturated heterocycles. The van der Waals surface area contributed by atoms with E-state index in [9.17, 15) is 9.90 Å². The zero-order valence-electron chi connectivity index (χ0n) is 11.1. The van der Waals surface area contributed by atoms with Gasteiger partial charge in [0.25, 0.3) is 5.91 Å². The Hall–Kier alpha value is -3.08. The fraction of sp³-hybridized carbons (Fsp3) is 0. The number of anilines is 2. The number of fused-ring (bicyclic) bond motifs is 1. The third-order valence-corrected chi connectivity index (χ3v) is 3.22. The van der Waals surface area contributed by atoms with E-state index >= 15 is 0 Å². The number of carbonyl (C=O) groups excluding carboxylic acids is 1. The quantitative estimate of drug-likeness (QED) is 0.497. The molecule has 0 unspecified atom stereocenters. The number of pyridine rings is 1. The largest absolute Gasteiger partial charge is 0.506 e. The second kappa shape index (κ2) is 5.13. The van der Waals surface area contributed by atoms with Crippen molar-refractivity contribution in [2.75, 3.05) is 11.1 Å². The van der Waals surface area contributed by atoms with E-state index in [0.717, 1.165) is 10.8 Å². The van der Waals surface area contributed by atoms with Gasteiger partial charge in [0.2, 0.25) is 0 Å². The summed E-state index contributed by atoms with van der Waals surface area (Å²) in [4.78, 5) is 16.3. The van der Waals surface area contributed by atoms with Gasteiger partial charge in [-0.25, -0.2) is 0 Å². The van der Waals surface area contributed by atoms with Crippen molar-refractivity contribution in [3.63, 3.8) is 0 Å². The third-order valence-electron chi connectivity index (χ3n) is 3.22. The average Bonchev–Trinajstić information content (AvgIpc) is 2.50. The van der Waals surface area contributed by atoms with Crippen molar-refractivity contribution < 1.29 is 9.90 Å². The molecule has 1 heterocycles. The minimum absolute atomic E-state index is 0.107. The Morgan fingerprint density at radius 1 is 1.19 bits per heavy atom. The van der Waals surface area contributed by atoms with E-state index in [1.807, 2.05) is 24.3 Å². The Labute approximate surface area is 121 Å². The summed E-state index contributed by atoms with van der Waals surface area (Å²) < 4.78 is 0. The lowest BCUT2D eigenvalue weighted by molar-refractivity contribution is 0.102. The number of aromatic hydroxyl groups is 1. The molecule has 104 valence electrons. The average molecular weight is 279 g/mol. The monoisotopic (exact) mass is 279 g/mol. The van der Waals surface area contributed by atoms with E-state index in [-0.39, 0.29) is 17.3 Å². The maximum Gasteiger partial charge on any atom is 0.255 e. The van der Waals surface area contributed by atoms with Gasteiger partial charge in [-0.05, 0) is 30.3 Å². The maximum absolute atomic E-state index is 12.2. The van der Waals surface area contributed by atoms with Crippen LogP contribution in [0.5, 0.6) is 5.75 Å². The minimum atomic E-state index is -0.311. The van der Waals surface area contributed by atoms with Crippen LogP contribution in [0.25, 0.3) is 10.8 Å².